The summed E-state index contributed by atoms with van der Waals surface area (Å²) in [6.45, 7) is 3.60. The van der Waals surface area contributed by atoms with E-state index in [-0.39, 0.29) is 24.2 Å². The minimum absolute atomic E-state index is 0.0326. The molecule has 1 aromatic rings. The van der Waals surface area contributed by atoms with Crippen molar-refractivity contribution in [1.82, 2.24) is 5.32 Å². The number of ketones is 1. The summed E-state index contributed by atoms with van der Waals surface area (Å²) in [4.78, 5) is 22.9. The molecule has 114 valence electrons. The maximum absolute atomic E-state index is 11.9. The SMILES string of the molecule is CCC(NC(=O)CCC(C)=O)c1ccc2c(c1)CCCC2. The van der Waals surface area contributed by atoms with Gasteiger partial charge in [0.05, 0.1) is 6.04 Å². The number of aryl methyl sites for hydroxylation is 2. The second kappa shape index (κ2) is 7.39. The third-order valence-electron chi connectivity index (χ3n) is 4.22. The van der Waals surface area contributed by atoms with Crippen LogP contribution in [-0.2, 0) is 22.4 Å². The van der Waals surface area contributed by atoms with Gasteiger partial charge in [-0.3, -0.25) is 4.79 Å². The van der Waals surface area contributed by atoms with Crippen molar-refractivity contribution in [2.24, 2.45) is 0 Å². The Hall–Kier alpha value is -1.64. The molecule has 0 spiro atoms. The summed E-state index contributed by atoms with van der Waals surface area (Å²) in [7, 11) is 0. The fourth-order valence-corrected chi connectivity index (χ4v) is 2.95. The summed E-state index contributed by atoms with van der Waals surface area (Å²) < 4.78 is 0. The molecule has 21 heavy (non-hydrogen) atoms. The van der Waals surface area contributed by atoms with Crippen molar-refractivity contribution in [3.8, 4) is 0 Å². The van der Waals surface area contributed by atoms with Crippen LogP contribution >= 0.6 is 0 Å². The first-order chi connectivity index (χ1) is 10.1. The predicted octanol–water partition coefficient (Wildman–Crippen LogP) is 3.50. The van der Waals surface area contributed by atoms with Gasteiger partial charge in [0.1, 0.15) is 5.78 Å². The minimum atomic E-state index is -0.0326. The van der Waals surface area contributed by atoms with Crippen LogP contribution < -0.4 is 5.32 Å². The molecule has 0 fully saturated rings. The highest BCUT2D eigenvalue weighted by Crippen LogP contribution is 2.26. The lowest BCUT2D eigenvalue weighted by Gasteiger charge is -2.21. The van der Waals surface area contributed by atoms with Crippen molar-refractivity contribution in [2.45, 2.75) is 64.8 Å². The summed E-state index contributed by atoms with van der Waals surface area (Å²) in [6.07, 6.45) is 6.35. The van der Waals surface area contributed by atoms with E-state index in [9.17, 15) is 9.59 Å². The first-order valence-corrected chi connectivity index (χ1v) is 8.00. The molecule has 0 radical (unpaired) electrons. The van der Waals surface area contributed by atoms with Gasteiger partial charge in [-0.15, -0.1) is 0 Å². The smallest absolute Gasteiger partial charge is 0.220 e. The van der Waals surface area contributed by atoms with Crippen molar-refractivity contribution in [3.05, 3.63) is 34.9 Å². The molecule has 0 bridgehead atoms. The number of carbonyl (C=O) groups is 2. The number of rotatable bonds is 6. The molecule has 0 aromatic heterocycles. The molecule has 1 atom stereocenters. The molecule has 3 heteroatoms. The molecule has 0 heterocycles. The van der Waals surface area contributed by atoms with Crippen LogP contribution in [0.1, 0.15) is 68.7 Å². The summed E-state index contributed by atoms with van der Waals surface area (Å²) in [5.41, 5.74) is 4.09. The average Bonchev–Trinajstić information content (AvgIpc) is 2.50. The first kappa shape index (κ1) is 15.7. The van der Waals surface area contributed by atoms with Crippen LogP contribution in [0.5, 0.6) is 0 Å². The minimum Gasteiger partial charge on any atom is -0.349 e. The van der Waals surface area contributed by atoms with E-state index in [2.05, 4.69) is 30.4 Å². The number of benzene rings is 1. The maximum atomic E-state index is 11.9. The summed E-state index contributed by atoms with van der Waals surface area (Å²) in [5.74, 6) is 0.0294. The van der Waals surface area contributed by atoms with Crippen LogP contribution in [-0.4, -0.2) is 11.7 Å². The Morgan fingerprint density at radius 2 is 1.86 bits per heavy atom. The van der Waals surface area contributed by atoms with Crippen LogP contribution in [0.15, 0.2) is 18.2 Å². The Labute approximate surface area is 127 Å². The number of nitrogens with one attached hydrogen (secondary N) is 1. The van der Waals surface area contributed by atoms with E-state index in [4.69, 9.17) is 0 Å². The van der Waals surface area contributed by atoms with Crippen molar-refractivity contribution in [1.29, 1.82) is 0 Å². The highest BCUT2D eigenvalue weighted by atomic mass is 16.2. The van der Waals surface area contributed by atoms with Gasteiger partial charge in [0.15, 0.2) is 0 Å². The zero-order chi connectivity index (χ0) is 15.2. The van der Waals surface area contributed by atoms with Gasteiger partial charge < -0.3 is 10.1 Å². The van der Waals surface area contributed by atoms with Gasteiger partial charge in [-0.05, 0) is 55.7 Å². The van der Waals surface area contributed by atoms with Crippen LogP contribution in [0.4, 0.5) is 0 Å². The van der Waals surface area contributed by atoms with E-state index in [1.165, 1.54) is 42.9 Å². The van der Waals surface area contributed by atoms with Gasteiger partial charge in [-0.25, -0.2) is 0 Å². The van der Waals surface area contributed by atoms with Gasteiger partial charge >= 0.3 is 0 Å². The quantitative estimate of drug-likeness (QED) is 0.870. The van der Waals surface area contributed by atoms with Gasteiger partial charge in [0.2, 0.25) is 5.91 Å². The lowest BCUT2D eigenvalue weighted by atomic mass is 9.89. The van der Waals surface area contributed by atoms with E-state index < -0.39 is 0 Å². The predicted molar refractivity (Wildman–Crippen MR) is 84.2 cm³/mol. The maximum Gasteiger partial charge on any atom is 0.220 e. The zero-order valence-corrected chi connectivity index (χ0v) is 13.1. The molecule has 1 aliphatic rings. The molecule has 2 rings (SSSR count). The largest absolute Gasteiger partial charge is 0.349 e. The molecule has 1 unspecified atom stereocenters. The molecular weight excluding hydrogens is 262 g/mol. The van der Waals surface area contributed by atoms with Crippen molar-refractivity contribution < 1.29 is 9.59 Å². The monoisotopic (exact) mass is 287 g/mol. The highest BCUT2D eigenvalue weighted by molar-refractivity contribution is 5.83. The number of Topliss-reactive ketones (excluding diaryl/α,β-unsaturated/α-hetero) is 1. The third kappa shape index (κ3) is 4.42. The molecule has 1 amide bonds. The van der Waals surface area contributed by atoms with E-state index in [1.54, 1.807) is 0 Å². The molecule has 0 saturated heterocycles. The van der Waals surface area contributed by atoms with E-state index in [0.29, 0.717) is 6.42 Å². The average molecular weight is 287 g/mol. The standard InChI is InChI=1S/C18H25NO2/c1-3-17(19-18(21)11-8-13(2)20)16-10-9-14-6-4-5-7-15(14)12-16/h9-10,12,17H,3-8,11H2,1-2H3,(H,19,21). The Kier molecular flexibility index (Phi) is 5.54. The second-order valence-electron chi connectivity index (χ2n) is 5.97. The topological polar surface area (TPSA) is 46.2 Å². The molecule has 1 N–H and O–H groups in total. The number of hydrogen-bond donors (Lipinski definition) is 1. The molecule has 3 nitrogen and oxygen atoms in total. The number of carbonyl (C=O) groups excluding carboxylic acids is 2. The number of amides is 1. The van der Waals surface area contributed by atoms with Crippen LogP contribution in [0.2, 0.25) is 0 Å². The van der Waals surface area contributed by atoms with E-state index in [0.717, 1.165) is 12.8 Å². The van der Waals surface area contributed by atoms with Gasteiger partial charge in [0.25, 0.3) is 0 Å². The van der Waals surface area contributed by atoms with Crippen molar-refractivity contribution in [2.75, 3.05) is 0 Å². The molecule has 0 saturated carbocycles. The second-order valence-corrected chi connectivity index (χ2v) is 5.97. The highest BCUT2D eigenvalue weighted by Gasteiger charge is 2.16. The summed E-state index contributed by atoms with van der Waals surface area (Å²) in [5, 5.41) is 3.05. The normalized spacial score (nSPS) is 15.1. The number of hydrogen-bond acceptors (Lipinski definition) is 2. The van der Waals surface area contributed by atoms with Gasteiger partial charge in [-0.1, -0.05) is 25.1 Å². The van der Waals surface area contributed by atoms with Crippen molar-refractivity contribution in [3.63, 3.8) is 0 Å². The molecule has 0 aliphatic heterocycles. The van der Waals surface area contributed by atoms with E-state index >= 15 is 0 Å². The zero-order valence-electron chi connectivity index (χ0n) is 13.1. The Morgan fingerprint density at radius 3 is 2.52 bits per heavy atom. The molecule has 1 aromatic carbocycles. The van der Waals surface area contributed by atoms with Gasteiger partial charge in [-0.2, -0.15) is 0 Å². The van der Waals surface area contributed by atoms with Crippen LogP contribution in [0.25, 0.3) is 0 Å². The Bertz CT molecular complexity index is 522. The number of fused-ring (bicyclic) bond motifs is 1. The molecular formula is C18H25NO2. The first-order valence-electron chi connectivity index (χ1n) is 8.00. The summed E-state index contributed by atoms with van der Waals surface area (Å²) in [6, 6.07) is 6.67. The molecule has 1 aliphatic carbocycles. The lowest BCUT2D eigenvalue weighted by Crippen LogP contribution is -2.28. The summed E-state index contributed by atoms with van der Waals surface area (Å²) >= 11 is 0. The fraction of sp³-hybridized carbons (Fsp3) is 0.556. The van der Waals surface area contributed by atoms with Crippen LogP contribution in [0, 0.1) is 0 Å². The Balaban J connectivity index is 2.03. The fourth-order valence-electron chi connectivity index (χ4n) is 2.95. The van der Waals surface area contributed by atoms with E-state index in [1.807, 2.05) is 0 Å². The van der Waals surface area contributed by atoms with Crippen molar-refractivity contribution >= 4 is 11.7 Å². The van der Waals surface area contributed by atoms with Gasteiger partial charge in [0, 0.05) is 12.8 Å². The van der Waals surface area contributed by atoms with Crippen LogP contribution in [0.3, 0.4) is 0 Å². The Morgan fingerprint density at radius 1 is 1.14 bits per heavy atom. The third-order valence-corrected chi connectivity index (χ3v) is 4.22. The lowest BCUT2D eigenvalue weighted by molar-refractivity contribution is -0.125.